The van der Waals surface area contributed by atoms with Crippen molar-refractivity contribution in [1.82, 2.24) is 4.98 Å². The van der Waals surface area contributed by atoms with Crippen LogP contribution in [0.1, 0.15) is 18.5 Å². The van der Waals surface area contributed by atoms with Crippen LogP contribution in [0.3, 0.4) is 0 Å². The first-order valence-corrected chi connectivity index (χ1v) is 4.63. The van der Waals surface area contributed by atoms with Crippen LogP contribution in [0.15, 0.2) is 36.4 Å². The van der Waals surface area contributed by atoms with Crippen LogP contribution in [0.5, 0.6) is 0 Å². The van der Waals surface area contributed by atoms with E-state index in [1.165, 1.54) is 0 Å². The summed E-state index contributed by atoms with van der Waals surface area (Å²) in [6.45, 7) is 1.98. The first-order valence-electron chi connectivity index (χ1n) is 4.63. The van der Waals surface area contributed by atoms with Crippen molar-refractivity contribution in [2.75, 3.05) is 0 Å². The fourth-order valence-electron chi connectivity index (χ4n) is 1.41. The minimum absolute atomic E-state index is 0.0830. The number of para-hydroxylation sites is 1. The molecule has 0 spiro atoms. The number of hydrogen-bond donors (Lipinski definition) is 0. The largest absolute Gasteiger partial charge is 0.252 e. The zero-order chi connectivity index (χ0) is 9.97. The van der Waals surface area contributed by atoms with E-state index in [0.29, 0.717) is 0 Å². The van der Waals surface area contributed by atoms with Crippen LogP contribution in [0.25, 0.3) is 10.9 Å². The van der Waals surface area contributed by atoms with Crippen molar-refractivity contribution in [2.24, 2.45) is 0 Å². The van der Waals surface area contributed by atoms with Crippen LogP contribution in [0, 0.1) is 12.3 Å². The smallest absolute Gasteiger partial charge is 0.0705 e. The van der Waals surface area contributed by atoms with E-state index >= 15 is 0 Å². The van der Waals surface area contributed by atoms with Gasteiger partial charge >= 0.3 is 0 Å². The predicted octanol–water partition coefficient (Wildman–Crippen LogP) is 2.97. The van der Waals surface area contributed by atoms with Gasteiger partial charge < -0.3 is 0 Å². The van der Waals surface area contributed by atoms with Crippen molar-refractivity contribution in [3.63, 3.8) is 0 Å². The molecule has 1 unspecified atom stereocenters. The van der Waals surface area contributed by atoms with Gasteiger partial charge in [-0.15, -0.1) is 6.42 Å². The zero-order valence-corrected chi connectivity index (χ0v) is 8.07. The van der Waals surface area contributed by atoms with Gasteiger partial charge in [0, 0.05) is 5.39 Å². The highest BCUT2D eigenvalue weighted by molar-refractivity contribution is 5.78. The second kappa shape index (κ2) is 3.51. The van der Waals surface area contributed by atoms with Crippen LogP contribution in [-0.4, -0.2) is 4.98 Å². The summed E-state index contributed by atoms with van der Waals surface area (Å²) < 4.78 is 0. The maximum atomic E-state index is 5.36. The summed E-state index contributed by atoms with van der Waals surface area (Å²) in [6.07, 6.45) is 5.36. The average Bonchev–Trinajstić information content (AvgIpc) is 2.27. The van der Waals surface area contributed by atoms with E-state index in [1.54, 1.807) is 0 Å². The third-order valence-corrected chi connectivity index (χ3v) is 2.31. The Bertz CT molecular complexity index is 494. The van der Waals surface area contributed by atoms with Gasteiger partial charge in [0.25, 0.3) is 0 Å². The van der Waals surface area contributed by atoms with Crippen molar-refractivity contribution in [2.45, 2.75) is 12.8 Å². The number of fused-ring (bicyclic) bond motifs is 1. The number of rotatable bonds is 1. The molecular formula is C13H11N. The Morgan fingerprint density at radius 2 is 2.00 bits per heavy atom. The van der Waals surface area contributed by atoms with Gasteiger partial charge in [-0.2, -0.15) is 0 Å². The molecule has 1 heterocycles. The van der Waals surface area contributed by atoms with Gasteiger partial charge in [-0.3, -0.25) is 4.98 Å². The highest BCUT2D eigenvalue weighted by Crippen LogP contribution is 2.16. The molecule has 0 radical (unpaired) electrons. The molecule has 2 rings (SSSR count). The van der Waals surface area contributed by atoms with Crippen LogP contribution in [0.4, 0.5) is 0 Å². The molecule has 14 heavy (non-hydrogen) atoms. The van der Waals surface area contributed by atoms with E-state index in [9.17, 15) is 0 Å². The summed E-state index contributed by atoms with van der Waals surface area (Å²) >= 11 is 0. The number of pyridine rings is 1. The summed E-state index contributed by atoms with van der Waals surface area (Å²) in [5, 5.41) is 1.15. The number of benzene rings is 1. The Morgan fingerprint density at radius 1 is 1.21 bits per heavy atom. The van der Waals surface area contributed by atoms with Gasteiger partial charge in [0.15, 0.2) is 0 Å². The minimum Gasteiger partial charge on any atom is -0.252 e. The van der Waals surface area contributed by atoms with E-state index in [2.05, 4.69) is 17.0 Å². The molecule has 0 aliphatic rings. The molecule has 0 saturated heterocycles. The number of aromatic nitrogens is 1. The van der Waals surface area contributed by atoms with E-state index in [-0.39, 0.29) is 5.92 Å². The quantitative estimate of drug-likeness (QED) is 0.616. The lowest BCUT2D eigenvalue weighted by atomic mass is 10.1. The molecule has 2 aromatic rings. The average molecular weight is 181 g/mol. The zero-order valence-electron chi connectivity index (χ0n) is 8.07. The lowest BCUT2D eigenvalue weighted by Gasteiger charge is -2.04. The van der Waals surface area contributed by atoms with Crippen molar-refractivity contribution >= 4 is 10.9 Å². The van der Waals surface area contributed by atoms with Crippen LogP contribution < -0.4 is 0 Å². The molecule has 0 amide bonds. The van der Waals surface area contributed by atoms with Crippen molar-refractivity contribution in [3.8, 4) is 12.3 Å². The lowest BCUT2D eigenvalue weighted by Crippen LogP contribution is -1.93. The topological polar surface area (TPSA) is 12.9 Å². The maximum absolute atomic E-state index is 5.36. The summed E-state index contributed by atoms with van der Waals surface area (Å²) in [5.41, 5.74) is 1.97. The standard InChI is InChI=1S/C13H11N/c1-3-10(2)12-9-8-11-6-4-5-7-13(11)14-12/h1,4-10H,2H3. The van der Waals surface area contributed by atoms with Crippen molar-refractivity contribution < 1.29 is 0 Å². The van der Waals surface area contributed by atoms with Crippen molar-refractivity contribution in [3.05, 3.63) is 42.1 Å². The lowest BCUT2D eigenvalue weighted by molar-refractivity contribution is 0.950. The third kappa shape index (κ3) is 1.47. The van der Waals surface area contributed by atoms with Crippen molar-refractivity contribution in [1.29, 1.82) is 0 Å². The molecule has 0 bridgehead atoms. The summed E-state index contributed by atoms with van der Waals surface area (Å²) in [5.74, 6) is 2.77. The molecule has 1 aromatic heterocycles. The molecular weight excluding hydrogens is 170 g/mol. The van der Waals surface area contributed by atoms with Gasteiger partial charge in [0.05, 0.1) is 17.1 Å². The number of hydrogen-bond acceptors (Lipinski definition) is 1. The van der Waals surface area contributed by atoms with Gasteiger partial charge in [-0.1, -0.05) is 30.2 Å². The fourth-order valence-corrected chi connectivity index (χ4v) is 1.41. The molecule has 1 nitrogen and oxygen atoms in total. The highest BCUT2D eigenvalue weighted by Gasteiger charge is 2.03. The molecule has 0 N–H and O–H groups in total. The molecule has 0 fully saturated rings. The van der Waals surface area contributed by atoms with Gasteiger partial charge in [0.2, 0.25) is 0 Å². The monoisotopic (exact) mass is 181 g/mol. The molecule has 1 aromatic carbocycles. The first kappa shape index (κ1) is 8.77. The molecule has 1 atom stereocenters. The molecule has 0 aliphatic heterocycles. The van der Waals surface area contributed by atoms with Gasteiger partial charge in [-0.25, -0.2) is 0 Å². The summed E-state index contributed by atoms with van der Waals surface area (Å²) in [6, 6.07) is 12.1. The van der Waals surface area contributed by atoms with Gasteiger partial charge in [0.1, 0.15) is 0 Å². The second-order valence-electron chi connectivity index (χ2n) is 3.32. The Morgan fingerprint density at radius 3 is 2.79 bits per heavy atom. The number of nitrogens with zero attached hydrogens (tertiary/aromatic N) is 1. The minimum atomic E-state index is 0.0830. The third-order valence-electron chi connectivity index (χ3n) is 2.31. The highest BCUT2D eigenvalue weighted by atomic mass is 14.7. The summed E-state index contributed by atoms with van der Waals surface area (Å²) in [7, 11) is 0. The predicted molar refractivity (Wildman–Crippen MR) is 59.0 cm³/mol. The molecule has 68 valence electrons. The Labute approximate surface area is 83.8 Å². The van der Waals surface area contributed by atoms with Crippen LogP contribution in [0.2, 0.25) is 0 Å². The molecule has 1 heteroatoms. The molecule has 0 saturated carbocycles. The van der Waals surface area contributed by atoms with E-state index in [1.807, 2.05) is 37.3 Å². The molecule has 0 aliphatic carbocycles. The van der Waals surface area contributed by atoms with E-state index in [4.69, 9.17) is 6.42 Å². The Hall–Kier alpha value is -1.81. The Balaban J connectivity index is 2.58. The SMILES string of the molecule is C#CC(C)c1ccc2ccccc2n1. The Kier molecular flexibility index (Phi) is 2.20. The maximum Gasteiger partial charge on any atom is 0.0705 e. The van der Waals surface area contributed by atoms with Gasteiger partial charge in [-0.05, 0) is 19.1 Å². The fraction of sp³-hybridized carbons (Fsp3) is 0.154. The first-order chi connectivity index (χ1) is 6.81. The van der Waals surface area contributed by atoms with Crippen LogP contribution >= 0.6 is 0 Å². The second-order valence-corrected chi connectivity index (χ2v) is 3.32. The summed E-state index contributed by atoms with van der Waals surface area (Å²) in [4.78, 5) is 4.50. The van der Waals surface area contributed by atoms with E-state index in [0.717, 1.165) is 16.6 Å². The number of terminal acetylenes is 1. The normalized spacial score (nSPS) is 12.3. The van der Waals surface area contributed by atoms with E-state index < -0.39 is 0 Å². The van der Waals surface area contributed by atoms with Crippen LogP contribution in [-0.2, 0) is 0 Å².